The second-order valence-electron chi connectivity index (χ2n) is 6.97. The van der Waals surface area contributed by atoms with Gasteiger partial charge in [0, 0.05) is 28.1 Å². The smallest absolute Gasteiger partial charge is 0.203 e. The summed E-state index contributed by atoms with van der Waals surface area (Å²) in [6.07, 6.45) is 1.60. The Bertz CT molecular complexity index is 1190. The zero-order valence-electron chi connectivity index (χ0n) is 18.0. The van der Waals surface area contributed by atoms with Gasteiger partial charge in [-0.05, 0) is 54.6 Å². The molecule has 0 bridgehead atoms. The molecule has 1 N–H and O–H groups in total. The summed E-state index contributed by atoms with van der Waals surface area (Å²) in [7, 11) is 4.56. The minimum atomic E-state index is -0.198. The van der Waals surface area contributed by atoms with Crippen LogP contribution in [-0.4, -0.2) is 27.1 Å². The largest absolute Gasteiger partial charge is 0.493 e. The number of methoxy groups -OCH3 is 3. The average molecular weight is 429 g/mol. The lowest BCUT2D eigenvalue weighted by molar-refractivity contribution is 0.103. The number of ketones is 1. The summed E-state index contributed by atoms with van der Waals surface area (Å²) in [6.45, 7) is 0. The molecule has 0 aliphatic carbocycles. The van der Waals surface area contributed by atoms with Gasteiger partial charge in [0.2, 0.25) is 5.75 Å². The Morgan fingerprint density at radius 2 is 1.53 bits per heavy atom. The Kier molecular flexibility index (Phi) is 6.12. The minimum absolute atomic E-state index is 0.198. The molecule has 32 heavy (non-hydrogen) atoms. The first-order valence-corrected chi connectivity index (χ1v) is 9.99. The van der Waals surface area contributed by atoms with Gasteiger partial charge in [0.1, 0.15) is 5.76 Å². The summed E-state index contributed by atoms with van der Waals surface area (Å²) in [5, 5.41) is 3.34. The van der Waals surface area contributed by atoms with E-state index in [1.54, 1.807) is 18.4 Å². The number of carbonyl (C=O) groups is 1. The lowest BCUT2D eigenvalue weighted by Gasteiger charge is -2.16. The highest BCUT2D eigenvalue weighted by Crippen LogP contribution is 2.39. The fraction of sp³-hybridized carbons (Fsp3) is 0.115. The molecule has 6 nitrogen and oxygen atoms in total. The zero-order chi connectivity index (χ0) is 22.5. The molecule has 0 aliphatic heterocycles. The van der Waals surface area contributed by atoms with Gasteiger partial charge < -0.3 is 23.9 Å². The van der Waals surface area contributed by atoms with E-state index in [0.717, 1.165) is 11.3 Å². The summed E-state index contributed by atoms with van der Waals surface area (Å²) >= 11 is 0. The number of benzene rings is 3. The molecule has 0 unspecified atom stereocenters. The quantitative estimate of drug-likeness (QED) is 0.349. The van der Waals surface area contributed by atoms with E-state index in [-0.39, 0.29) is 5.78 Å². The molecule has 0 saturated heterocycles. The molecule has 0 saturated carbocycles. The molecule has 0 atom stereocenters. The molecule has 3 aromatic carbocycles. The number of hydrogen-bond acceptors (Lipinski definition) is 6. The Hall–Kier alpha value is -4.19. The van der Waals surface area contributed by atoms with E-state index in [1.165, 1.54) is 21.3 Å². The Balaban J connectivity index is 1.83. The van der Waals surface area contributed by atoms with Crippen LogP contribution in [0.5, 0.6) is 17.2 Å². The maximum absolute atomic E-state index is 13.7. The first-order valence-electron chi connectivity index (χ1n) is 9.99. The van der Waals surface area contributed by atoms with Gasteiger partial charge in [0.25, 0.3) is 0 Å². The average Bonchev–Trinajstić information content (AvgIpc) is 3.38. The van der Waals surface area contributed by atoms with Crippen molar-refractivity contribution in [2.45, 2.75) is 0 Å². The normalized spacial score (nSPS) is 10.5. The third-order valence-electron chi connectivity index (χ3n) is 5.05. The van der Waals surface area contributed by atoms with Gasteiger partial charge in [0.15, 0.2) is 17.3 Å². The van der Waals surface area contributed by atoms with E-state index in [4.69, 9.17) is 18.6 Å². The number of para-hydroxylation sites is 1. The van der Waals surface area contributed by atoms with Crippen molar-refractivity contribution in [2.24, 2.45) is 0 Å². The number of carbonyl (C=O) groups excluding carboxylic acids is 1. The van der Waals surface area contributed by atoms with Crippen LogP contribution in [0.4, 0.5) is 11.4 Å². The van der Waals surface area contributed by atoms with Crippen molar-refractivity contribution in [2.75, 3.05) is 26.6 Å². The Labute approximate surface area is 186 Å². The van der Waals surface area contributed by atoms with Crippen molar-refractivity contribution in [1.82, 2.24) is 0 Å². The fourth-order valence-corrected chi connectivity index (χ4v) is 3.48. The van der Waals surface area contributed by atoms with Crippen LogP contribution in [0.15, 0.2) is 83.5 Å². The van der Waals surface area contributed by atoms with Crippen LogP contribution >= 0.6 is 0 Å². The van der Waals surface area contributed by atoms with E-state index in [0.29, 0.717) is 39.8 Å². The van der Waals surface area contributed by atoms with Crippen molar-refractivity contribution in [3.05, 3.63) is 90.2 Å². The monoisotopic (exact) mass is 429 g/mol. The number of ether oxygens (including phenoxy) is 3. The summed E-state index contributed by atoms with van der Waals surface area (Å²) in [5.41, 5.74) is 3.23. The number of hydrogen-bond donors (Lipinski definition) is 1. The van der Waals surface area contributed by atoms with Crippen LogP contribution in [0, 0.1) is 0 Å². The molecule has 162 valence electrons. The van der Waals surface area contributed by atoms with Crippen LogP contribution in [0.2, 0.25) is 0 Å². The van der Waals surface area contributed by atoms with Crippen molar-refractivity contribution in [3.8, 4) is 28.6 Å². The number of rotatable bonds is 8. The Morgan fingerprint density at radius 3 is 2.12 bits per heavy atom. The third-order valence-corrected chi connectivity index (χ3v) is 5.05. The lowest BCUT2D eigenvalue weighted by Crippen LogP contribution is -2.07. The summed E-state index contributed by atoms with van der Waals surface area (Å²) in [5.74, 6) is 1.73. The van der Waals surface area contributed by atoms with Gasteiger partial charge >= 0.3 is 0 Å². The summed E-state index contributed by atoms with van der Waals surface area (Å²) < 4.78 is 21.8. The standard InChI is InChI=1S/C26H23NO5/c1-29-23-15-18(16-24(30-2)26(23)31-3)25(28)20-14-17(22-10-7-13-32-22)11-12-21(20)27-19-8-5-4-6-9-19/h4-16,27H,1-3H3. The van der Waals surface area contributed by atoms with E-state index in [2.05, 4.69) is 5.32 Å². The van der Waals surface area contributed by atoms with E-state index < -0.39 is 0 Å². The fourth-order valence-electron chi connectivity index (χ4n) is 3.48. The van der Waals surface area contributed by atoms with Gasteiger partial charge in [-0.3, -0.25) is 4.79 Å². The maximum Gasteiger partial charge on any atom is 0.203 e. The number of furan rings is 1. The van der Waals surface area contributed by atoms with E-state index >= 15 is 0 Å². The second kappa shape index (κ2) is 9.31. The van der Waals surface area contributed by atoms with Crippen LogP contribution in [0.3, 0.4) is 0 Å². The lowest BCUT2D eigenvalue weighted by atomic mass is 9.97. The highest BCUT2D eigenvalue weighted by Gasteiger charge is 2.21. The first-order chi connectivity index (χ1) is 15.6. The Morgan fingerprint density at radius 1 is 0.812 bits per heavy atom. The summed E-state index contributed by atoms with van der Waals surface area (Å²) in [6, 6.07) is 22.2. The molecule has 0 radical (unpaired) electrons. The molecule has 4 aromatic rings. The van der Waals surface area contributed by atoms with Crippen molar-refractivity contribution >= 4 is 17.2 Å². The van der Waals surface area contributed by atoms with Gasteiger partial charge in [-0.2, -0.15) is 0 Å². The number of anilines is 2. The molecule has 4 rings (SSSR count). The van der Waals surface area contributed by atoms with E-state index in [9.17, 15) is 4.79 Å². The van der Waals surface area contributed by atoms with Crippen LogP contribution < -0.4 is 19.5 Å². The maximum atomic E-state index is 13.7. The molecule has 6 heteroatoms. The topological polar surface area (TPSA) is 69.9 Å². The van der Waals surface area contributed by atoms with Crippen LogP contribution in [-0.2, 0) is 0 Å². The van der Waals surface area contributed by atoms with Crippen molar-refractivity contribution in [3.63, 3.8) is 0 Å². The molecular formula is C26H23NO5. The van der Waals surface area contributed by atoms with Gasteiger partial charge in [-0.25, -0.2) is 0 Å². The SMILES string of the molecule is COc1cc(C(=O)c2cc(-c3ccco3)ccc2Nc2ccccc2)cc(OC)c1OC. The third kappa shape index (κ3) is 4.16. The van der Waals surface area contributed by atoms with Crippen LogP contribution in [0.25, 0.3) is 11.3 Å². The zero-order valence-corrected chi connectivity index (χ0v) is 18.0. The van der Waals surface area contributed by atoms with Crippen molar-refractivity contribution in [1.29, 1.82) is 0 Å². The van der Waals surface area contributed by atoms with Crippen LogP contribution in [0.1, 0.15) is 15.9 Å². The minimum Gasteiger partial charge on any atom is -0.493 e. The summed E-state index contributed by atoms with van der Waals surface area (Å²) in [4.78, 5) is 13.7. The first kappa shape index (κ1) is 21.1. The van der Waals surface area contributed by atoms with E-state index in [1.807, 2.05) is 60.7 Å². The molecular weight excluding hydrogens is 406 g/mol. The van der Waals surface area contributed by atoms with Crippen molar-refractivity contribution < 1.29 is 23.4 Å². The molecule has 1 aromatic heterocycles. The predicted molar refractivity (Wildman–Crippen MR) is 123 cm³/mol. The second-order valence-corrected chi connectivity index (χ2v) is 6.97. The highest BCUT2D eigenvalue weighted by molar-refractivity contribution is 6.13. The number of nitrogens with one attached hydrogen (secondary N) is 1. The predicted octanol–water partition coefficient (Wildman–Crippen LogP) is 5.95. The molecule has 0 fully saturated rings. The molecule has 0 aliphatic rings. The van der Waals surface area contributed by atoms with Gasteiger partial charge in [0.05, 0.1) is 27.6 Å². The van der Waals surface area contributed by atoms with Gasteiger partial charge in [-0.1, -0.05) is 18.2 Å². The molecule has 1 heterocycles. The molecule has 0 amide bonds. The van der Waals surface area contributed by atoms with Gasteiger partial charge in [-0.15, -0.1) is 0 Å². The molecule has 0 spiro atoms. The highest BCUT2D eigenvalue weighted by atomic mass is 16.5.